The van der Waals surface area contributed by atoms with E-state index in [1.54, 1.807) is 36.6 Å². The molecule has 0 aliphatic carbocycles. The van der Waals surface area contributed by atoms with Gasteiger partial charge in [0.05, 0.1) is 7.11 Å². The second-order valence-electron chi connectivity index (χ2n) is 4.32. The summed E-state index contributed by atoms with van der Waals surface area (Å²) >= 11 is 1.24. The van der Waals surface area contributed by atoms with Gasteiger partial charge in [0, 0.05) is 16.5 Å². The van der Waals surface area contributed by atoms with Gasteiger partial charge in [0.2, 0.25) is 5.72 Å². The van der Waals surface area contributed by atoms with E-state index in [0.717, 1.165) is 0 Å². The molecular weight excluding hydrogens is 304 g/mol. The highest BCUT2D eigenvalue weighted by Crippen LogP contribution is 2.38. The number of esters is 1. The van der Waals surface area contributed by atoms with E-state index in [1.807, 2.05) is 12.3 Å². The van der Waals surface area contributed by atoms with E-state index in [2.05, 4.69) is 5.32 Å². The predicted octanol–water partition coefficient (Wildman–Crippen LogP) is 2.13. The van der Waals surface area contributed by atoms with Crippen LogP contribution in [0.5, 0.6) is 0 Å². The van der Waals surface area contributed by atoms with E-state index in [-0.39, 0.29) is 5.57 Å². The third kappa shape index (κ3) is 2.73. The van der Waals surface area contributed by atoms with Crippen molar-refractivity contribution in [3.05, 3.63) is 58.4 Å². The van der Waals surface area contributed by atoms with Crippen molar-refractivity contribution in [2.45, 2.75) is 5.72 Å². The Morgan fingerprint density at radius 2 is 2.14 bits per heavy atom. The summed E-state index contributed by atoms with van der Waals surface area (Å²) in [5, 5.41) is 21.3. The molecule has 1 aromatic rings. The van der Waals surface area contributed by atoms with Gasteiger partial charge in [-0.3, -0.25) is 5.32 Å². The Bertz CT molecular complexity index is 679. The summed E-state index contributed by atoms with van der Waals surface area (Å²) in [5.74, 6) is -1.30. The molecule has 0 fully saturated rings. The standard InChI is InChI=1S/C15H14N2O4S/c1-20-13(18)12-11(22-2)8-15(17-9-16,21-14(12)19)10-6-4-3-5-7-10/h3-8,17-18H,1-2H3/b13-12-. The molecule has 0 amide bonds. The van der Waals surface area contributed by atoms with Crippen molar-refractivity contribution in [1.82, 2.24) is 5.32 Å². The Morgan fingerprint density at radius 3 is 2.68 bits per heavy atom. The first-order chi connectivity index (χ1) is 10.6. The second kappa shape index (κ2) is 6.45. The van der Waals surface area contributed by atoms with Crippen molar-refractivity contribution < 1.29 is 19.4 Å². The van der Waals surface area contributed by atoms with E-state index in [4.69, 9.17) is 14.7 Å². The zero-order valence-corrected chi connectivity index (χ0v) is 12.8. The Labute approximate surface area is 132 Å². The first-order valence-corrected chi connectivity index (χ1v) is 7.50. The monoisotopic (exact) mass is 318 g/mol. The Hall–Kier alpha value is -2.59. The number of thioether (sulfide) groups is 1. The topological polar surface area (TPSA) is 91.6 Å². The maximum absolute atomic E-state index is 12.3. The molecule has 1 aliphatic heterocycles. The van der Waals surface area contributed by atoms with Crippen LogP contribution in [-0.2, 0) is 20.0 Å². The fourth-order valence-corrected chi connectivity index (χ4v) is 2.74. The zero-order chi connectivity index (χ0) is 16.2. The molecular formula is C15H14N2O4S. The van der Waals surface area contributed by atoms with Crippen LogP contribution < -0.4 is 5.32 Å². The van der Waals surface area contributed by atoms with Crippen molar-refractivity contribution >= 4 is 17.7 Å². The summed E-state index contributed by atoms with van der Waals surface area (Å²) < 4.78 is 10.1. The van der Waals surface area contributed by atoms with E-state index >= 15 is 0 Å². The summed E-state index contributed by atoms with van der Waals surface area (Å²) in [5.41, 5.74) is -0.892. The van der Waals surface area contributed by atoms with Gasteiger partial charge in [-0.1, -0.05) is 30.3 Å². The summed E-state index contributed by atoms with van der Waals surface area (Å²) in [4.78, 5) is 12.8. The van der Waals surface area contributed by atoms with Gasteiger partial charge in [-0.05, 0) is 6.26 Å². The van der Waals surface area contributed by atoms with Gasteiger partial charge in [0.1, 0.15) is 0 Å². The molecule has 0 saturated heterocycles. The van der Waals surface area contributed by atoms with E-state index in [0.29, 0.717) is 10.5 Å². The predicted molar refractivity (Wildman–Crippen MR) is 81.2 cm³/mol. The molecule has 22 heavy (non-hydrogen) atoms. The second-order valence-corrected chi connectivity index (χ2v) is 5.17. The number of carbonyl (C=O) groups is 1. The van der Waals surface area contributed by atoms with Gasteiger partial charge in [-0.2, -0.15) is 5.26 Å². The summed E-state index contributed by atoms with van der Waals surface area (Å²) in [6.07, 6.45) is 5.13. The minimum Gasteiger partial charge on any atom is -0.480 e. The fraction of sp³-hybridized carbons (Fsp3) is 0.200. The number of methoxy groups -OCH3 is 1. The molecule has 0 spiro atoms. The fourth-order valence-electron chi connectivity index (χ4n) is 2.08. The van der Waals surface area contributed by atoms with Crippen LogP contribution in [0.4, 0.5) is 0 Å². The van der Waals surface area contributed by atoms with E-state index in [1.165, 1.54) is 18.9 Å². The highest BCUT2D eigenvalue weighted by atomic mass is 32.2. The average Bonchev–Trinajstić information content (AvgIpc) is 2.54. The van der Waals surface area contributed by atoms with Crippen LogP contribution in [0, 0.1) is 11.5 Å². The van der Waals surface area contributed by atoms with Gasteiger partial charge < -0.3 is 14.6 Å². The number of aliphatic hydroxyl groups is 1. The number of hydrogen-bond acceptors (Lipinski definition) is 7. The molecule has 1 atom stereocenters. The maximum atomic E-state index is 12.3. The third-order valence-corrected chi connectivity index (χ3v) is 3.87. The molecule has 0 saturated carbocycles. The smallest absolute Gasteiger partial charge is 0.349 e. The van der Waals surface area contributed by atoms with Gasteiger partial charge in [-0.25, -0.2) is 4.79 Å². The number of carbonyl (C=O) groups excluding carboxylic acids is 1. The molecule has 0 aromatic heterocycles. The molecule has 2 N–H and O–H groups in total. The number of nitrogens with one attached hydrogen (secondary N) is 1. The minimum absolute atomic E-state index is 0.0682. The van der Waals surface area contributed by atoms with Crippen molar-refractivity contribution in [3.8, 4) is 6.19 Å². The van der Waals surface area contributed by atoms with Crippen LogP contribution in [-0.4, -0.2) is 24.4 Å². The first-order valence-electron chi connectivity index (χ1n) is 6.27. The number of ether oxygens (including phenoxy) is 2. The van der Waals surface area contributed by atoms with E-state index < -0.39 is 17.6 Å². The van der Waals surface area contributed by atoms with Gasteiger partial charge in [0.15, 0.2) is 11.8 Å². The number of benzene rings is 1. The van der Waals surface area contributed by atoms with Crippen LogP contribution in [0.1, 0.15) is 5.56 Å². The molecule has 114 valence electrons. The molecule has 0 radical (unpaired) electrons. The van der Waals surface area contributed by atoms with E-state index in [9.17, 15) is 9.90 Å². The third-order valence-electron chi connectivity index (χ3n) is 3.11. The Kier molecular flexibility index (Phi) is 4.63. The number of nitrogens with zero attached hydrogens (tertiary/aromatic N) is 1. The molecule has 1 aliphatic rings. The van der Waals surface area contributed by atoms with Gasteiger partial charge in [-0.15, -0.1) is 11.8 Å². The van der Waals surface area contributed by atoms with Crippen LogP contribution in [0.25, 0.3) is 0 Å². The summed E-state index contributed by atoms with van der Waals surface area (Å²) in [7, 11) is 1.25. The summed E-state index contributed by atoms with van der Waals surface area (Å²) in [6, 6.07) is 8.83. The highest BCUT2D eigenvalue weighted by Gasteiger charge is 2.42. The van der Waals surface area contributed by atoms with Gasteiger partial charge >= 0.3 is 5.97 Å². The molecule has 2 rings (SSSR count). The lowest BCUT2D eigenvalue weighted by Gasteiger charge is -2.34. The number of nitriles is 1. The van der Waals surface area contributed by atoms with Crippen molar-refractivity contribution in [2.75, 3.05) is 13.4 Å². The van der Waals surface area contributed by atoms with Crippen LogP contribution in [0.2, 0.25) is 0 Å². The Morgan fingerprint density at radius 1 is 1.45 bits per heavy atom. The summed E-state index contributed by atoms with van der Waals surface area (Å²) in [6.45, 7) is 0. The number of aliphatic hydroxyl groups excluding tert-OH is 1. The lowest BCUT2D eigenvalue weighted by molar-refractivity contribution is -0.154. The first kappa shape index (κ1) is 15.8. The minimum atomic E-state index is -1.41. The molecule has 0 bridgehead atoms. The number of rotatable bonds is 4. The molecule has 7 heteroatoms. The normalized spacial score (nSPS) is 23.0. The van der Waals surface area contributed by atoms with Crippen LogP contribution in [0.15, 0.2) is 52.8 Å². The number of cyclic esters (lactones) is 1. The quantitative estimate of drug-likeness (QED) is 0.289. The Balaban J connectivity index is 2.64. The molecule has 1 aromatic carbocycles. The van der Waals surface area contributed by atoms with Crippen molar-refractivity contribution in [3.63, 3.8) is 0 Å². The lowest BCUT2D eigenvalue weighted by Crippen LogP contribution is -2.45. The zero-order valence-electron chi connectivity index (χ0n) is 12.0. The van der Waals surface area contributed by atoms with Gasteiger partial charge in [0.25, 0.3) is 5.95 Å². The van der Waals surface area contributed by atoms with Crippen molar-refractivity contribution in [1.29, 1.82) is 5.26 Å². The van der Waals surface area contributed by atoms with Crippen LogP contribution >= 0.6 is 11.8 Å². The molecule has 6 nitrogen and oxygen atoms in total. The maximum Gasteiger partial charge on any atom is 0.349 e. The largest absolute Gasteiger partial charge is 0.480 e. The lowest BCUT2D eigenvalue weighted by atomic mass is 9.98. The highest BCUT2D eigenvalue weighted by molar-refractivity contribution is 8.02. The molecule has 1 heterocycles. The molecule has 1 unspecified atom stereocenters. The SMILES string of the molecule is CO/C(O)=C1\C(=O)OC(NC#N)(c2ccccc2)C=C1SC. The number of hydrogen-bond donors (Lipinski definition) is 2. The van der Waals surface area contributed by atoms with Crippen molar-refractivity contribution in [2.24, 2.45) is 0 Å². The average molecular weight is 318 g/mol. The van der Waals surface area contributed by atoms with Crippen LogP contribution in [0.3, 0.4) is 0 Å².